The molecule has 2 unspecified atom stereocenters. The lowest BCUT2D eigenvalue weighted by Crippen LogP contribution is -2.24. The summed E-state index contributed by atoms with van der Waals surface area (Å²) in [5.74, 6) is 0. The highest BCUT2D eigenvalue weighted by Crippen LogP contribution is 2.47. The van der Waals surface area contributed by atoms with Crippen molar-refractivity contribution in [2.24, 2.45) is 0 Å². The van der Waals surface area contributed by atoms with Crippen LogP contribution in [0.1, 0.15) is 6.42 Å². The summed E-state index contributed by atoms with van der Waals surface area (Å²) in [6, 6.07) is 0. The molecule has 3 heterocycles. The molecule has 3 rings (SSSR count). The Balaban J connectivity index is 1.69. The highest BCUT2D eigenvalue weighted by molar-refractivity contribution is 8.44. The number of thiol groups is 1. The smallest absolute Gasteiger partial charge is 0.368 e. The minimum atomic E-state index is -3.92. The second kappa shape index (κ2) is 6.33. The molecule has 1 aliphatic heterocycles. The van der Waals surface area contributed by atoms with E-state index in [0.717, 1.165) is 0 Å². The number of nitrogens with one attached hydrogen (secondary N) is 1. The van der Waals surface area contributed by atoms with E-state index in [2.05, 4.69) is 31.7 Å². The van der Waals surface area contributed by atoms with Gasteiger partial charge in [0.25, 0.3) is 5.56 Å². The van der Waals surface area contributed by atoms with Gasteiger partial charge >= 0.3 is 6.80 Å². The Kier molecular flexibility index (Phi) is 4.56. The summed E-state index contributed by atoms with van der Waals surface area (Å²) in [4.78, 5) is 30.9. The molecule has 2 aromatic rings. The molecule has 0 saturated carbocycles. The molecular formula is C11H14FN4O5PS. The number of ether oxygens (including phenoxy) is 1. The van der Waals surface area contributed by atoms with Gasteiger partial charge in [-0.05, 0) is 0 Å². The highest BCUT2D eigenvalue weighted by Gasteiger charge is 2.36. The van der Waals surface area contributed by atoms with E-state index in [4.69, 9.17) is 9.63 Å². The van der Waals surface area contributed by atoms with Crippen molar-refractivity contribution in [2.45, 2.75) is 31.3 Å². The summed E-state index contributed by atoms with van der Waals surface area (Å²) in [6.45, 7) is -4.04. The van der Waals surface area contributed by atoms with E-state index in [-0.39, 0.29) is 30.6 Å². The summed E-state index contributed by atoms with van der Waals surface area (Å²) < 4.78 is 36.7. The molecule has 0 amide bonds. The molecule has 1 aliphatic rings. The summed E-state index contributed by atoms with van der Waals surface area (Å²) in [5, 5.41) is 0. The molecule has 0 aromatic carbocycles. The fourth-order valence-electron chi connectivity index (χ4n) is 2.46. The number of H-pyrrole nitrogens is 1. The highest BCUT2D eigenvalue weighted by atomic mass is 32.7. The molecule has 126 valence electrons. The molecule has 0 aliphatic carbocycles. The van der Waals surface area contributed by atoms with E-state index in [9.17, 15) is 13.8 Å². The van der Waals surface area contributed by atoms with Crippen LogP contribution in [0.2, 0.25) is 0 Å². The number of fused-ring (bicyclic) bond motifs is 1. The first-order chi connectivity index (χ1) is 10.8. The number of aromatic amines is 1. The Morgan fingerprint density at radius 2 is 2.39 bits per heavy atom. The summed E-state index contributed by atoms with van der Waals surface area (Å²) in [5.41, 5.74) is 0.119. The number of imidazole rings is 1. The van der Waals surface area contributed by atoms with Crippen molar-refractivity contribution in [1.29, 1.82) is 0 Å². The first kappa shape index (κ1) is 16.6. The topological polar surface area (TPSA) is 119 Å². The molecule has 0 bridgehead atoms. The number of nitrogens with zero attached hydrogens (tertiary/aromatic N) is 3. The van der Waals surface area contributed by atoms with Gasteiger partial charge in [-0.3, -0.25) is 9.32 Å². The Labute approximate surface area is 134 Å². The van der Waals surface area contributed by atoms with Gasteiger partial charge in [0.2, 0.25) is 0 Å². The van der Waals surface area contributed by atoms with Crippen molar-refractivity contribution in [2.75, 3.05) is 6.61 Å². The Bertz CT molecular complexity index is 807. The zero-order valence-electron chi connectivity index (χ0n) is 11.7. The van der Waals surface area contributed by atoms with Crippen LogP contribution in [-0.4, -0.2) is 49.4 Å². The van der Waals surface area contributed by atoms with Gasteiger partial charge < -0.3 is 19.2 Å². The van der Waals surface area contributed by atoms with Gasteiger partial charge in [0.05, 0.1) is 31.9 Å². The molecule has 0 spiro atoms. The van der Waals surface area contributed by atoms with Crippen LogP contribution in [0.3, 0.4) is 0 Å². The van der Waals surface area contributed by atoms with Gasteiger partial charge in [-0.25, -0.2) is 18.9 Å². The molecule has 2 aromatic heterocycles. The van der Waals surface area contributed by atoms with E-state index in [1.807, 2.05) is 0 Å². The lowest BCUT2D eigenvalue weighted by molar-refractivity contribution is -0.00131. The number of hydrogen-bond acceptors (Lipinski definition) is 6. The third kappa shape index (κ3) is 3.81. The van der Waals surface area contributed by atoms with Crippen LogP contribution >= 0.6 is 19.0 Å². The van der Waals surface area contributed by atoms with E-state index in [0.29, 0.717) is 5.65 Å². The number of alkyl halides is 1. The quantitative estimate of drug-likeness (QED) is 0.527. The van der Waals surface area contributed by atoms with Gasteiger partial charge in [0.15, 0.2) is 11.2 Å². The second-order valence-corrected chi connectivity index (χ2v) is 7.89. The Morgan fingerprint density at radius 3 is 3.13 bits per heavy atom. The predicted molar refractivity (Wildman–Crippen MR) is 81.1 cm³/mol. The average Bonchev–Trinajstić information content (AvgIpc) is 3.02. The molecule has 4 atom stereocenters. The molecule has 0 radical (unpaired) electrons. The number of hydrogen-bond donors (Lipinski definition) is 3. The minimum absolute atomic E-state index is 0.0408. The van der Waals surface area contributed by atoms with Gasteiger partial charge in [-0.15, -0.1) is 0 Å². The molecule has 12 heteroatoms. The van der Waals surface area contributed by atoms with Crippen LogP contribution in [0, 0.1) is 0 Å². The summed E-state index contributed by atoms with van der Waals surface area (Å²) in [7, 11) is 0. The monoisotopic (exact) mass is 364 g/mol. The summed E-state index contributed by atoms with van der Waals surface area (Å²) in [6.07, 6.45) is -0.0375. The largest absolute Gasteiger partial charge is 0.383 e. The predicted octanol–water partition coefficient (Wildman–Crippen LogP) is 0.662. The fraction of sp³-hybridized carbons (Fsp3) is 0.545. The average molecular weight is 364 g/mol. The van der Waals surface area contributed by atoms with Crippen molar-refractivity contribution < 1.29 is 23.1 Å². The van der Waals surface area contributed by atoms with Crippen molar-refractivity contribution in [3.05, 3.63) is 23.0 Å². The van der Waals surface area contributed by atoms with Crippen LogP contribution in [0.15, 0.2) is 17.4 Å². The van der Waals surface area contributed by atoms with Crippen molar-refractivity contribution in [1.82, 2.24) is 19.5 Å². The molecule has 1 saturated heterocycles. The first-order valence-electron chi connectivity index (χ1n) is 6.71. The maximum atomic E-state index is 14.1. The van der Waals surface area contributed by atoms with Crippen LogP contribution in [0.5, 0.6) is 0 Å². The third-order valence-corrected chi connectivity index (χ3v) is 4.30. The van der Waals surface area contributed by atoms with Gasteiger partial charge in [-0.2, -0.15) is 0 Å². The molecular weight excluding hydrogens is 350 g/mol. The van der Waals surface area contributed by atoms with E-state index >= 15 is 0 Å². The number of halogens is 1. The Morgan fingerprint density at radius 1 is 1.61 bits per heavy atom. The van der Waals surface area contributed by atoms with Crippen molar-refractivity contribution in [3.8, 4) is 0 Å². The van der Waals surface area contributed by atoms with Crippen LogP contribution in [-0.2, 0) is 20.4 Å². The third-order valence-electron chi connectivity index (χ3n) is 3.47. The zero-order chi connectivity index (χ0) is 16.6. The van der Waals surface area contributed by atoms with Crippen LogP contribution < -0.4 is 5.56 Å². The van der Waals surface area contributed by atoms with Gasteiger partial charge in [-0.1, -0.05) is 12.2 Å². The minimum Gasteiger partial charge on any atom is -0.368 e. The molecule has 9 nitrogen and oxygen atoms in total. The van der Waals surface area contributed by atoms with E-state index < -0.39 is 25.2 Å². The summed E-state index contributed by atoms with van der Waals surface area (Å²) >= 11 is 3.38. The van der Waals surface area contributed by atoms with E-state index in [1.54, 1.807) is 0 Å². The number of aromatic nitrogens is 4. The lowest BCUT2D eigenvalue weighted by Gasteiger charge is -2.15. The number of rotatable bonds is 5. The fourth-order valence-corrected chi connectivity index (χ4v) is 3.02. The zero-order valence-corrected chi connectivity index (χ0v) is 13.5. The van der Waals surface area contributed by atoms with Crippen LogP contribution in [0.25, 0.3) is 11.2 Å². The second-order valence-electron chi connectivity index (χ2n) is 5.14. The van der Waals surface area contributed by atoms with Crippen molar-refractivity contribution >= 4 is 30.2 Å². The maximum Gasteiger partial charge on any atom is 0.383 e. The van der Waals surface area contributed by atoms with Gasteiger partial charge in [0, 0.05) is 6.42 Å². The first-order valence-corrected chi connectivity index (χ1v) is 9.44. The molecule has 23 heavy (non-hydrogen) atoms. The SMILES string of the molecule is O=c1[nH]cnc2c1ncn2CC1O[C@H](COP(=O)(O)S)C[C@@H]1F. The van der Waals surface area contributed by atoms with Gasteiger partial charge in [0.1, 0.15) is 12.3 Å². The molecule has 1 fully saturated rings. The van der Waals surface area contributed by atoms with Crippen LogP contribution in [0.4, 0.5) is 4.39 Å². The molecule has 2 N–H and O–H groups in total. The Hall–Kier alpha value is -1.26. The van der Waals surface area contributed by atoms with Crippen molar-refractivity contribution in [3.63, 3.8) is 0 Å². The maximum absolute atomic E-state index is 14.1. The lowest BCUT2D eigenvalue weighted by atomic mass is 10.1. The standard InChI is InChI=1S/C11H14FN4O5PS/c12-7-1-6(3-20-22(18,19)23)21-8(7)2-16-5-15-9-10(16)13-4-14-11(9)17/h4-8H,1-3H2,(H,13,14,17)(H2,18,19,23)/t6-,7-,8?/m0/s1. The normalized spacial score (nSPS) is 27.3. The van der Waals surface area contributed by atoms with E-state index in [1.165, 1.54) is 17.2 Å².